The van der Waals surface area contributed by atoms with Crippen LogP contribution in [0.5, 0.6) is 0 Å². The van der Waals surface area contributed by atoms with Crippen molar-refractivity contribution < 1.29 is 9.90 Å². The molecule has 3 heteroatoms. The normalized spacial score (nSPS) is 28.4. The van der Waals surface area contributed by atoms with E-state index in [4.69, 9.17) is 0 Å². The van der Waals surface area contributed by atoms with Gasteiger partial charge in [-0.3, -0.25) is 9.69 Å². The Labute approximate surface area is 108 Å². The zero-order valence-corrected chi connectivity index (χ0v) is 11.1. The lowest BCUT2D eigenvalue weighted by molar-refractivity contribution is -0.144. The third-order valence-corrected chi connectivity index (χ3v) is 4.22. The minimum Gasteiger partial charge on any atom is -0.481 e. The quantitative estimate of drug-likeness (QED) is 0.889. The molecule has 18 heavy (non-hydrogen) atoms. The van der Waals surface area contributed by atoms with Gasteiger partial charge in [-0.15, -0.1) is 0 Å². The number of benzene rings is 1. The average molecular weight is 247 g/mol. The number of carboxylic acid groups (broad SMARTS) is 1. The first-order valence-corrected chi connectivity index (χ1v) is 6.54. The molecule has 3 nitrogen and oxygen atoms in total. The monoisotopic (exact) mass is 247 g/mol. The molecule has 1 aliphatic heterocycles. The highest BCUT2D eigenvalue weighted by molar-refractivity contribution is 5.71. The molecule has 0 bridgehead atoms. The number of rotatable bonds is 4. The average Bonchev–Trinajstić information content (AvgIpc) is 2.69. The third kappa shape index (κ3) is 2.56. The Morgan fingerprint density at radius 3 is 2.61 bits per heavy atom. The molecule has 1 saturated heterocycles. The summed E-state index contributed by atoms with van der Waals surface area (Å²) in [6, 6.07) is 10.2. The van der Waals surface area contributed by atoms with E-state index in [1.165, 1.54) is 5.56 Å². The highest BCUT2D eigenvalue weighted by Gasteiger charge is 2.45. The van der Waals surface area contributed by atoms with Gasteiger partial charge >= 0.3 is 5.97 Å². The summed E-state index contributed by atoms with van der Waals surface area (Å²) in [6.45, 7) is 6.56. The molecule has 2 rings (SSSR count). The fraction of sp³-hybridized carbons (Fsp3) is 0.533. The Hall–Kier alpha value is -1.35. The van der Waals surface area contributed by atoms with Crippen molar-refractivity contribution in [1.82, 2.24) is 4.90 Å². The lowest BCUT2D eigenvalue weighted by Crippen LogP contribution is -2.31. The van der Waals surface area contributed by atoms with Crippen molar-refractivity contribution in [2.75, 3.05) is 13.1 Å². The lowest BCUT2D eigenvalue weighted by atomic mass is 9.78. The van der Waals surface area contributed by atoms with Gasteiger partial charge in [-0.2, -0.15) is 0 Å². The Balaban J connectivity index is 2.08. The molecule has 2 atom stereocenters. The number of likely N-dealkylation sites (tertiary alicyclic amines) is 1. The number of carbonyl (C=O) groups is 1. The van der Waals surface area contributed by atoms with Crippen LogP contribution in [0.15, 0.2) is 30.3 Å². The lowest BCUT2D eigenvalue weighted by Gasteiger charge is -2.26. The third-order valence-electron chi connectivity index (χ3n) is 4.22. The fourth-order valence-electron chi connectivity index (χ4n) is 2.86. The first-order valence-electron chi connectivity index (χ1n) is 6.54. The van der Waals surface area contributed by atoms with Crippen molar-refractivity contribution in [1.29, 1.82) is 0 Å². The van der Waals surface area contributed by atoms with Crippen molar-refractivity contribution in [3.8, 4) is 0 Å². The number of nitrogens with zero attached hydrogens (tertiary/aromatic N) is 1. The van der Waals surface area contributed by atoms with Gasteiger partial charge in [0.05, 0.1) is 5.92 Å². The van der Waals surface area contributed by atoms with Crippen molar-refractivity contribution in [2.24, 2.45) is 11.3 Å². The van der Waals surface area contributed by atoms with Crippen LogP contribution in [0.1, 0.15) is 25.8 Å². The van der Waals surface area contributed by atoms with Crippen molar-refractivity contribution in [3.63, 3.8) is 0 Å². The summed E-state index contributed by atoms with van der Waals surface area (Å²) in [4.78, 5) is 13.6. The molecule has 1 aromatic carbocycles. The number of carboxylic acids is 1. The predicted octanol–water partition coefficient (Wildman–Crippen LogP) is 2.62. The molecule has 1 fully saturated rings. The Kier molecular flexibility index (Phi) is 3.71. The molecule has 98 valence electrons. The van der Waals surface area contributed by atoms with Crippen LogP contribution in [0, 0.1) is 11.3 Å². The first-order chi connectivity index (χ1) is 8.55. The minimum atomic E-state index is -0.657. The van der Waals surface area contributed by atoms with Gasteiger partial charge in [-0.1, -0.05) is 44.2 Å². The SMILES string of the molecule is CCC1(C)CN(Cc2ccccc2)CC1C(=O)O. The Bertz CT molecular complexity index is 418. The molecular formula is C15H21NO2. The van der Waals surface area contributed by atoms with E-state index >= 15 is 0 Å². The van der Waals surface area contributed by atoms with Crippen LogP contribution in [0.3, 0.4) is 0 Å². The van der Waals surface area contributed by atoms with E-state index < -0.39 is 5.97 Å². The van der Waals surface area contributed by atoms with E-state index in [9.17, 15) is 9.90 Å². The molecule has 2 unspecified atom stereocenters. The van der Waals surface area contributed by atoms with E-state index in [0.29, 0.717) is 6.54 Å². The van der Waals surface area contributed by atoms with E-state index in [0.717, 1.165) is 19.5 Å². The molecule has 1 aliphatic rings. The van der Waals surface area contributed by atoms with Crippen LogP contribution >= 0.6 is 0 Å². The smallest absolute Gasteiger partial charge is 0.308 e. The molecule has 0 saturated carbocycles. The molecule has 0 aliphatic carbocycles. The van der Waals surface area contributed by atoms with E-state index in [2.05, 4.69) is 30.9 Å². The zero-order valence-electron chi connectivity index (χ0n) is 11.1. The van der Waals surface area contributed by atoms with Gasteiger partial charge in [0.1, 0.15) is 0 Å². The summed E-state index contributed by atoms with van der Waals surface area (Å²) in [5.41, 5.74) is 1.16. The van der Waals surface area contributed by atoms with Crippen LogP contribution in [0.2, 0.25) is 0 Å². The second-order valence-electron chi connectivity index (χ2n) is 5.55. The summed E-state index contributed by atoms with van der Waals surface area (Å²) in [6.07, 6.45) is 0.912. The van der Waals surface area contributed by atoms with Crippen molar-refractivity contribution in [3.05, 3.63) is 35.9 Å². The molecule has 1 aromatic rings. The predicted molar refractivity (Wildman–Crippen MR) is 71.2 cm³/mol. The van der Waals surface area contributed by atoms with Crippen LogP contribution in [-0.2, 0) is 11.3 Å². The molecule has 0 aromatic heterocycles. The number of aliphatic carboxylic acids is 1. The van der Waals surface area contributed by atoms with Crippen LogP contribution in [0.25, 0.3) is 0 Å². The maximum absolute atomic E-state index is 11.3. The van der Waals surface area contributed by atoms with Crippen molar-refractivity contribution >= 4 is 5.97 Å². The molecule has 0 amide bonds. The number of hydrogen-bond donors (Lipinski definition) is 1. The first kappa shape index (κ1) is 13.1. The zero-order chi connectivity index (χ0) is 13.2. The van der Waals surface area contributed by atoms with E-state index in [-0.39, 0.29) is 11.3 Å². The Morgan fingerprint density at radius 1 is 1.44 bits per heavy atom. The summed E-state index contributed by atoms with van der Waals surface area (Å²) in [5.74, 6) is -0.902. The summed E-state index contributed by atoms with van der Waals surface area (Å²) < 4.78 is 0. The summed E-state index contributed by atoms with van der Waals surface area (Å²) in [7, 11) is 0. The highest BCUT2D eigenvalue weighted by atomic mass is 16.4. The van der Waals surface area contributed by atoms with Gasteiger partial charge in [0, 0.05) is 19.6 Å². The molecule has 1 heterocycles. The molecule has 1 N–H and O–H groups in total. The van der Waals surface area contributed by atoms with Crippen LogP contribution in [-0.4, -0.2) is 29.1 Å². The van der Waals surface area contributed by atoms with Crippen LogP contribution < -0.4 is 0 Å². The topological polar surface area (TPSA) is 40.5 Å². The van der Waals surface area contributed by atoms with Gasteiger partial charge in [-0.25, -0.2) is 0 Å². The fourth-order valence-corrected chi connectivity index (χ4v) is 2.86. The number of hydrogen-bond acceptors (Lipinski definition) is 2. The second kappa shape index (κ2) is 5.11. The second-order valence-corrected chi connectivity index (χ2v) is 5.55. The standard InChI is InChI=1S/C15H21NO2/c1-3-15(2)11-16(10-13(15)14(17)18)9-12-7-5-4-6-8-12/h4-8,13H,3,9-11H2,1-2H3,(H,17,18). The maximum Gasteiger partial charge on any atom is 0.308 e. The molecular weight excluding hydrogens is 226 g/mol. The highest BCUT2D eigenvalue weighted by Crippen LogP contribution is 2.39. The minimum absolute atomic E-state index is 0.0966. The van der Waals surface area contributed by atoms with E-state index in [1.54, 1.807) is 0 Å². The van der Waals surface area contributed by atoms with Gasteiger partial charge in [-0.05, 0) is 17.4 Å². The van der Waals surface area contributed by atoms with Gasteiger partial charge in [0.25, 0.3) is 0 Å². The van der Waals surface area contributed by atoms with Gasteiger partial charge < -0.3 is 5.11 Å². The summed E-state index contributed by atoms with van der Waals surface area (Å²) in [5, 5.41) is 9.34. The van der Waals surface area contributed by atoms with Crippen molar-refractivity contribution in [2.45, 2.75) is 26.8 Å². The molecule has 0 radical (unpaired) electrons. The Morgan fingerprint density at radius 2 is 2.11 bits per heavy atom. The van der Waals surface area contributed by atoms with Crippen LogP contribution in [0.4, 0.5) is 0 Å². The summed E-state index contributed by atoms with van der Waals surface area (Å²) >= 11 is 0. The maximum atomic E-state index is 11.3. The largest absolute Gasteiger partial charge is 0.481 e. The van der Waals surface area contributed by atoms with E-state index in [1.807, 2.05) is 18.2 Å². The molecule has 0 spiro atoms. The van der Waals surface area contributed by atoms with Gasteiger partial charge in [0.15, 0.2) is 0 Å². The van der Waals surface area contributed by atoms with Gasteiger partial charge in [0.2, 0.25) is 0 Å².